The first kappa shape index (κ1) is 13.4. The van der Waals surface area contributed by atoms with Crippen LogP contribution in [0.25, 0.3) is 0 Å². The van der Waals surface area contributed by atoms with Gasteiger partial charge in [0.1, 0.15) is 11.6 Å². The Labute approximate surface area is 111 Å². The first-order chi connectivity index (χ1) is 9.07. The van der Waals surface area contributed by atoms with Crippen LogP contribution in [0, 0.1) is 18.3 Å². The second-order valence-corrected chi connectivity index (χ2v) is 4.79. The number of aryl methyl sites for hydroxylation is 1. The number of nitrogens with one attached hydrogen (secondary N) is 1. The van der Waals surface area contributed by atoms with Gasteiger partial charge in [-0.1, -0.05) is 6.07 Å². The van der Waals surface area contributed by atoms with Gasteiger partial charge < -0.3 is 15.2 Å². The molecule has 1 fully saturated rings. The van der Waals surface area contributed by atoms with E-state index in [0.29, 0.717) is 37.3 Å². The third-order valence-electron chi connectivity index (χ3n) is 3.43. The molecule has 0 aromatic heterocycles. The Balaban J connectivity index is 2.34. The average molecular weight is 260 g/mol. The number of anilines is 1. The first-order valence-electron chi connectivity index (χ1n) is 6.17. The van der Waals surface area contributed by atoms with E-state index in [1.165, 1.54) is 0 Å². The van der Waals surface area contributed by atoms with E-state index in [0.717, 1.165) is 5.56 Å². The van der Waals surface area contributed by atoms with Crippen molar-refractivity contribution < 1.29 is 14.6 Å². The predicted molar refractivity (Wildman–Crippen MR) is 69.9 cm³/mol. The minimum Gasteiger partial charge on any atom is -0.480 e. The zero-order valence-electron chi connectivity index (χ0n) is 10.8. The van der Waals surface area contributed by atoms with Gasteiger partial charge in [0.2, 0.25) is 0 Å². The van der Waals surface area contributed by atoms with Gasteiger partial charge in [-0.3, -0.25) is 0 Å². The quantitative estimate of drug-likeness (QED) is 0.867. The van der Waals surface area contributed by atoms with Crippen LogP contribution in [0.4, 0.5) is 5.69 Å². The molecule has 1 heterocycles. The maximum atomic E-state index is 11.6. The van der Waals surface area contributed by atoms with Crippen molar-refractivity contribution in [2.75, 3.05) is 18.5 Å². The second kappa shape index (κ2) is 5.29. The van der Waals surface area contributed by atoms with Gasteiger partial charge in [0.25, 0.3) is 0 Å². The van der Waals surface area contributed by atoms with Crippen molar-refractivity contribution in [3.05, 3.63) is 29.3 Å². The maximum Gasteiger partial charge on any atom is 0.329 e. The van der Waals surface area contributed by atoms with Gasteiger partial charge in [0.15, 0.2) is 0 Å². The van der Waals surface area contributed by atoms with Crippen molar-refractivity contribution in [3.63, 3.8) is 0 Å². The molecule has 0 bridgehead atoms. The van der Waals surface area contributed by atoms with E-state index >= 15 is 0 Å². The number of carbonyl (C=O) groups is 1. The van der Waals surface area contributed by atoms with Crippen LogP contribution in [-0.2, 0) is 9.53 Å². The van der Waals surface area contributed by atoms with Gasteiger partial charge in [0.05, 0.1) is 11.3 Å². The van der Waals surface area contributed by atoms with Gasteiger partial charge >= 0.3 is 5.97 Å². The summed E-state index contributed by atoms with van der Waals surface area (Å²) in [5.74, 6) is -0.902. The molecule has 2 rings (SSSR count). The van der Waals surface area contributed by atoms with Crippen molar-refractivity contribution in [2.24, 2.45) is 0 Å². The number of carboxylic acid groups (broad SMARTS) is 1. The van der Waals surface area contributed by atoms with Crippen LogP contribution < -0.4 is 5.32 Å². The lowest BCUT2D eigenvalue weighted by Crippen LogP contribution is -2.50. The smallest absolute Gasteiger partial charge is 0.329 e. The fourth-order valence-corrected chi connectivity index (χ4v) is 2.23. The van der Waals surface area contributed by atoms with Crippen LogP contribution in [0.3, 0.4) is 0 Å². The molecular weight excluding hydrogens is 244 g/mol. The Morgan fingerprint density at radius 1 is 1.47 bits per heavy atom. The largest absolute Gasteiger partial charge is 0.480 e. The highest BCUT2D eigenvalue weighted by molar-refractivity contribution is 5.83. The lowest BCUT2D eigenvalue weighted by atomic mass is 9.89. The summed E-state index contributed by atoms with van der Waals surface area (Å²) in [5.41, 5.74) is 0.969. The monoisotopic (exact) mass is 260 g/mol. The van der Waals surface area contributed by atoms with E-state index in [9.17, 15) is 9.90 Å². The van der Waals surface area contributed by atoms with E-state index in [4.69, 9.17) is 10.00 Å². The van der Waals surface area contributed by atoms with Crippen molar-refractivity contribution in [3.8, 4) is 6.07 Å². The lowest BCUT2D eigenvalue weighted by Gasteiger charge is -2.35. The SMILES string of the molecule is Cc1ccc(C#N)c(NC2(C(=O)O)CCOCC2)c1. The molecule has 0 atom stereocenters. The third-order valence-corrected chi connectivity index (χ3v) is 3.43. The Hall–Kier alpha value is -2.06. The summed E-state index contributed by atoms with van der Waals surface area (Å²) in [6.07, 6.45) is 0.780. The molecule has 1 aliphatic heterocycles. The second-order valence-electron chi connectivity index (χ2n) is 4.79. The molecule has 0 spiro atoms. The summed E-state index contributed by atoms with van der Waals surface area (Å²) in [7, 11) is 0. The average Bonchev–Trinajstić information content (AvgIpc) is 2.40. The van der Waals surface area contributed by atoms with E-state index in [1.54, 1.807) is 12.1 Å². The zero-order chi connectivity index (χ0) is 13.9. The fourth-order valence-electron chi connectivity index (χ4n) is 2.23. The predicted octanol–water partition coefficient (Wildman–Crippen LogP) is 1.91. The number of aliphatic carboxylic acids is 1. The highest BCUT2D eigenvalue weighted by Gasteiger charge is 2.40. The third kappa shape index (κ3) is 2.69. The Morgan fingerprint density at radius 3 is 2.74 bits per heavy atom. The van der Waals surface area contributed by atoms with Gasteiger partial charge in [-0.05, 0) is 24.6 Å². The minimum atomic E-state index is -1.04. The molecule has 0 saturated carbocycles. The van der Waals surface area contributed by atoms with Gasteiger partial charge in [-0.25, -0.2) is 4.79 Å². The van der Waals surface area contributed by atoms with Crippen LogP contribution in [0.15, 0.2) is 18.2 Å². The van der Waals surface area contributed by atoms with Crippen LogP contribution in [0.1, 0.15) is 24.0 Å². The first-order valence-corrected chi connectivity index (χ1v) is 6.17. The number of carboxylic acids is 1. The lowest BCUT2D eigenvalue weighted by molar-refractivity contribution is -0.145. The molecule has 5 nitrogen and oxygen atoms in total. The highest BCUT2D eigenvalue weighted by Crippen LogP contribution is 2.28. The number of rotatable bonds is 3. The number of hydrogen-bond acceptors (Lipinski definition) is 4. The van der Waals surface area contributed by atoms with E-state index in [-0.39, 0.29) is 0 Å². The van der Waals surface area contributed by atoms with Crippen molar-refractivity contribution >= 4 is 11.7 Å². The van der Waals surface area contributed by atoms with E-state index < -0.39 is 11.5 Å². The number of nitriles is 1. The number of ether oxygens (including phenoxy) is 1. The maximum absolute atomic E-state index is 11.6. The highest BCUT2D eigenvalue weighted by atomic mass is 16.5. The molecule has 0 aliphatic carbocycles. The Kier molecular flexibility index (Phi) is 3.72. The number of benzene rings is 1. The summed E-state index contributed by atoms with van der Waals surface area (Å²) >= 11 is 0. The minimum absolute atomic E-state index is 0.390. The van der Waals surface area contributed by atoms with Crippen molar-refractivity contribution in [1.29, 1.82) is 5.26 Å². The summed E-state index contributed by atoms with van der Waals surface area (Å²) in [4.78, 5) is 11.6. The van der Waals surface area contributed by atoms with E-state index in [1.807, 2.05) is 13.0 Å². The number of hydrogen-bond donors (Lipinski definition) is 2. The van der Waals surface area contributed by atoms with Gasteiger partial charge in [-0.15, -0.1) is 0 Å². The summed E-state index contributed by atoms with van der Waals surface area (Å²) in [5, 5.41) is 21.6. The Morgan fingerprint density at radius 2 is 2.16 bits per heavy atom. The van der Waals surface area contributed by atoms with Crippen LogP contribution in [0.5, 0.6) is 0 Å². The molecule has 0 unspecified atom stereocenters. The molecule has 1 aliphatic rings. The standard InChI is InChI=1S/C14H16N2O3/c1-10-2-3-11(9-15)12(8-10)16-14(13(17)18)4-6-19-7-5-14/h2-3,8,16H,4-7H2,1H3,(H,17,18). The summed E-state index contributed by atoms with van der Waals surface area (Å²) in [6.45, 7) is 2.73. The summed E-state index contributed by atoms with van der Waals surface area (Å²) in [6, 6.07) is 7.42. The van der Waals surface area contributed by atoms with Gasteiger partial charge in [0, 0.05) is 26.1 Å². The van der Waals surface area contributed by atoms with Crippen molar-refractivity contribution in [1.82, 2.24) is 0 Å². The van der Waals surface area contributed by atoms with E-state index in [2.05, 4.69) is 11.4 Å². The molecule has 5 heteroatoms. The molecule has 100 valence electrons. The Bertz CT molecular complexity index is 528. The van der Waals surface area contributed by atoms with Crippen molar-refractivity contribution in [2.45, 2.75) is 25.3 Å². The molecular formula is C14H16N2O3. The molecule has 1 saturated heterocycles. The molecule has 2 N–H and O–H groups in total. The zero-order valence-corrected chi connectivity index (χ0v) is 10.8. The van der Waals surface area contributed by atoms with Crippen LogP contribution in [0.2, 0.25) is 0 Å². The van der Waals surface area contributed by atoms with Crippen LogP contribution >= 0.6 is 0 Å². The number of nitrogens with zero attached hydrogens (tertiary/aromatic N) is 1. The summed E-state index contributed by atoms with van der Waals surface area (Å²) < 4.78 is 5.22. The van der Waals surface area contributed by atoms with Gasteiger partial charge in [-0.2, -0.15) is 5.26 Å². The molecule has 1 aromatic carbocycles. The molecule has 0 radical (unpaired) electrons. The van der Waals surface area contributed by atoms with Crippen LogP contribution in [-0.4, -0.2) is 29.8 Å². The molecule has 1 aromatic rings. The molecule has 0 amide bonds. The topological polar surface area (TPSA) is 82.4 Å². The normalized spacial score (nSPS) is 17.5. The fraction of sp³-hybridized carbons (Fsp3) is 0.429. The molecule has 19 heavy (non-hydrogen) atoms.